The third-order valence-electron chi connectivity index (χ3n) is 4.57. The van der Waals surface area contributed by atoms with Gasteiger partial charge < -0.3 is 25.0 Å². The number of nitrogens with zero attached hydrogens (tertiary/aromatic N) is 2. The van der Waals surface area contributed by atoms with E-state index in [1.165, 1.54) is 0 Å². The Bertz CT molecular complexity index is 540. The van der Waals surface area contributed by atoms with Crippen molar-refractivity contribution in [1.29, 1.82) is 0 Å². The fourth-order valence-corrected chi connectivity index (χ4v) is 3.14. The van der Waals surface area contributed by atoms with Crippen LogP contribution in [0.4, 0.5) is 0 Å². The van der Waals surface area contributed by atoms with Crippen molar-refractivity contribution in [3.8, 4) is 0 Å². The molecule has 2 aliphatic heterocycles. The number of ether oxygens (including phenoxy) is 1. The summed E-state index contributed by atoms with van der Waals surface area (Å²) in [7, 11) is 2.15. The van der Waals surface area contributed by atoms with Crippen molar-refractivity contribution in [2.45, 2.75) is 19.0 Å². The summed E-state index contributed by atoms with van der Waals surface area (Å²) in [6.07, 6.45) is 1.80. The molecule has 2 aliphatic rings. The predicted octanol–water partition coefficient (Wildman–Crippen LogP) is -0.231. The molecule has 8 heteroatoms. The first kappa shape index (κ1) is 18.4. The Hall–Kier alpha value is -1.90. The van der Waals surface area contributed by atoms with Gasteiger partial charge in [0.1, 0.15) is 0 Å². The molecule has 0 spiro atoms. The molecule has 1 aromatic heterocycles. The normalized spacial score (nSPS) is 24.9. The summed E-state index contributed by atoms with van der Waals surface area (Å²) in [6, 6.07) is 2.20. The van der Waals surface area contributed by atoms with Gasteiger partial charge in [0.15, 0.2) is 0 Å². The zero-order chi connectivity index (χ0) is 17.5. The van der Waals surface area contributed by atoms with Gasteiger partial charge in [-0.1, -0.05) is 0 Å². The van der Waals surface area contributed by atoms with Crippen LogP contribution in [-0.4, -0.2) is 90.8 Å². The lowest BCUT2D eigenvalue weighted by Crippen LogP contribution is -2.56. The largest absolute Gasteiger partial charge is 0.483 e. The number of aryl methyl sites for hydroxylation is 1. The van der Waals surface area contributed by atoms with E-state index in [1.54, 1.807) is 6.20 Å². The van der Waals surface area contributed by atoms with E-state index < -0.39 is 0 Å². The van der Waals surface area contributed by atoms with Crippen LogP contribution in [0.3, 0.4) is 0 Å². The number of aromatic nitrogens is 1. The average molecular weight is 338 g/mol. The van der Waals surface area contributed by atoms with E-state index in [-0.39, 0.29) is 18.4 Å². The lowest BCUT2D eigenvalue weighted by Gasteiger charge is -2.38. The Morgan fingerprint density at radius 1 is 1.38 bits per heavy atom. The van der Waals surface area contributed by atoms with Gasteiger partial charge in [-0.05, 0) is 20.0 Å². The highest BCUT2D eigenvalue weighted by molar-refractivity contribution is 5.95. The minimum Gasteiger partial charge on any atom is -0.483 e. The number of rotatable bonds is 3. The molecule has 0 saturated carbocycles. The SMILES string of the molecule is Cc1[nH]ccc1C(=O)N[C@H]1COC[C@@H]1N1CCN(C)CC1.O=CO. The molecule has 134 valence electrons. The van der Waals surface area contributed by atoms with Crippen LogP contribution in [-0.2, 0) is 9.53 Å². The third-order valence-corrected chi connectivity index (χ3v) is 4.57. The van der Waals surface area contributed by atoms with Gasteiger partial charge >= 0.3 is 0 Å². The molecule has 24 heavy (non-hydrogen) atoms. The van der Waals surface area contributed by atoms with E-state index in [2.05, 4.69) is 27.1 Å². The monoisotopic (exact) mass is 338 g/mol. The van der Waals surface area contributed by atoms with Gasteiger partial charge in [0.25, 0.3) is 12.4 Å². The first-order valence-electron chi connectivity index (χ1n) is 8.09. The zero-order valence-corrected chi connectivity index (χ0v) is 14.2. The smallest absolute Gasteiger partial charge is 0.290 e. The lowest BCUT2D eigenvalue weighted by molar-refractivity contribution is -0.122. The number of likely N-dealkylation sites (N-methyl/N-ethyl adjacent to an activating group) is 1. The standard InChI is InChI=1S/C15H24N4O2.CH2O2/c1-11-12(3-4-16-11)15(20)17-13-9-21-10-14(13)19-7-5-18(2)6-8-19;2-1-3/h3-4,13-14,16H,5-10H2,1-2H3,(H,17,20);1H,(H,2,3)/t13-,14-;/m0./s1. The van der Waals surface area contributed by atoms with Gasteiger partial charge in [-0.2, -0.15) is 0 Å². The number of hydrogen-bond acceptors (Lipinski definition) is 5. The van der Waals surface area contributed by atoms with E-state index >= 15 is 0 Å². The van der Waals surface area contributed by atoms with Gasteiger partial charge in [0, 0.05) is 38.1 Å². The number of H-pyrrole nitrogens is 1. The Balaban J connectivity index is 0.000000647. The minimum absolute atomic E-state index is 0.0108. The van der Waals surface area contributed by atoms with E-state index in [1.807, 2.05) is 13.0 Å². The first-order chi connectivity index (χ1) is 11.6. The Labute approximate surface area is 141 Å². The lowest BCUT2D eigenvalue weighted by atomic mass is 10.1. The van der Waals surface area contributed by atoms with Gasteiger partial charge in [0.05, 0.1) is 30.9 Å². The third kappa shape index (κ3) is 4.56. The molecule has 1 amide bonds. The molecule has 0 bridgehead atoms. The maximum Gasteiger partial charge on any atom is 0.290 e. The van der Waals surface area contributed by atoms with Crippen molar-refractivity contribution in [2.24, 2.45) is 0 Å². The number of amides is 1. The summed E-state index contributed by atoms with van der Waals surface area (Å²) in [5, 5.41) is 10.0. The van der Waals surface area contributed by atoms with Crippen molar-refractivity contribution in [1.82, 2.24) is 20.1 Å². The van der Waals surface area contributed by atoms with Crippen LogP contribution in [0.25, 0.3) is 0 Å². The first-order valence-corrected chi connectivity index (χ1v) is 8.09. The molecule has 0 aliphatic carbocycles. The zero-order valence-electron chi connectivity index (χ0n) is 14.2. The number of carbonyl (C=O) groups excluding carboxylic acids is 1. The van der Waals surface area contributed by atoms with E-state index in [9.17, 15) is 4.79 Å². The van der Waals surface area contributed by atoms with E-state index in [0.29, 0.717) is 19.3 Å². The van der Waals surface area contributed by atoms with Crippen LogP contribution < -0.4 is 5.32 Å². The molecule has 0 unspecified atom stereocenters. The number of nitrogens with one attached hydrogen (secondary N) is 2. The summed E-state index contributed by atoms with van der Waals surface area (Å²) in [5.74, 6) is -0.0108. The topological polar surface area (TPSA) is 97.9 Å². The highest BCUT2D eigenvalue weighted by Crippen LogP contribution is 2.16. The summed E-state index contributed by atoms with van der Waals surface area (Å²) in [5.41, 5.74) is 1.63. The second-order valence-corrected chi connectivity index (χ2v) is 6.15. The van der Waals surface area contributed by atoms with Crippen LogP contribution in [0.2, 0.25) is 0 Å². The van der Waals surface area contributed by atoms with Crippen molar-refractivity contribution in [3.05, 3.63) is 23.5 Å². The fourth-order valence-electron chi connectivity index (χ4n) is 3.14. The average Bonchev–Trinajstić information content (AvgIpc) is 3.18. The van der Waals surface area contributed by atoms with Gasteiger partial charge in [-0.3, -0.25) is 14.5 Å². The molecule has 3 heterocycles. The van der Waals surface area contributed by atoms with Crippen molar-refractivity contribution >= 4 is 12.4 Å². The van der Waals surface area contributed by atoms with E-state index in [0.717, 1.165) is 37.4 Å². The Morgan fingerprint density at radius 3 is 2.62 bits per heavy atom. The molecule has 0 aromatic carbocycles. The molecule has 3 rings (SSSR count). The number of hydrogen-bond donors (Lipinski definition) is 3. The summed E-state index contributed by atoms with van der Waals surface area (Å²) in [6.45, 7) is 7.22. The van der Waals surface area contributed by atoms with Crippen molar-refractivity contribution in [2.75, 3.05) is 46.4 Å². The number of piperazine rings is 1. The molecule has 1 aromatic rings. The van der Waals surface area contributed by atoms with Crippen LogP contribution in [0.5, 0.6) is 0 Å². The van der Waals surface area contributed by atoms with Crippen LogP contribution in [0.15, 0.2) is 12.3 Å². The Kier molecular flexibility index (Phi) is 6.77. The van der Waals surface area contributed by atoms with Crippen LogP contribution >= 0.6 is 0 Å². The maximum absolute atomic E-state index is 12.3. The van der Waals surface area contributed by atoms with Gasteiger partial charge in [-0.25, -0.2) is 0 Å². The second-order valence-electron chi connectivity index (χ2n) is 6.15. The fraction of sp³-hybridized carbons (Fsp3) is 0.625. The number of aromatic amines is 1. The van der Waals surface area contributed by atoms with E-state index in [4.69, 9.17) is 14.6 Å². The van der Waals surface area contributed by atoms with Gasteiger partial charge in [0.2, 0.25) is 0 Å². The quantitative estimate of drug-likeness (QED) is 0.659. The predicted molar refractivity (Wildman–Crippen MR) is 89.2 cm³/mol. The molecule has 3 N–H and O–H groups in total. The molecular formula is C16H26N4O4. The minimum atomic E-state index is -0.250. The molecule has 2 fully saturated rings. The summed E-state index contributed by atoms with van der Waals surface area (Å²) >= 11 is 0. The molecule has 2 atom stereocenters. The van der Waals surface area contributed by atoms with Crippen LogP contribution in [0.1, 0.15) is 16.1 Å². The molecule has 0 radical (unpaired) electrons. The molecule has 2 saturated heterocycles. The molecular weight excluding hydrogens is 312 g/mol. The summed E-state index contributed by atoms with van der Waals surface area (Å²) < 4.78 is 5.62. The van der Waals surface area contributed by atoms with Crippen molar-refractivity contribution in [3.63, 3.8) is 0 Å². The van der Waals surface area contributed by atoms with Crippen LogP contribution in [0, 0.1) is 6.92 Å². The second kappa shape index (κ2) is 8.81. The number of carboxylic acid groups (broad SMARTS) is 1. The Morgan fingerprint density at radius 2 is 2.04 bits per heavy atom. The highest BCUT2D eigenvalue weighted by atomic mass is 16.5. The maximum atomic E-state index is 12.3. The van der Waals surface area contributed by atoms with Gasteiger partial charge in [-0.15, -0.1) is 0 Å². The van der Waals surface area contributed by atoms with Crippen molar-refractivity contribution < 1.29 is 19.4 Å². The number of carbonyl (C=O) groups is 2. The summed E-state index contributed by atoms with van der Waals surface area (Å²) in [4.78, 5) is 28.5. The molecule has 8 nitrogen and oxygen atoms in total. The highest BCUT2D eigenvalue weighted by Gasteiger charge is 2.35.